The van der Waals surface area contributed by atoms with Crippen molar-refractivity contribution in [2.75, 3.05) is 5.75 Å². The molecule has 0 aliphatic rings. The van der Waals surface area contributed by atoms with Gasteiger partial charge in [0.2, 0.25) is 0 Å². The zero-order valence-corrected chi connectivity index (χ0v) is 9.11. The van der Waals surface area contributed by atoms with Crippen molar-refractivity contribution < 1.29 is 18.4 Å². The fourth-order valence-corrected chi connectivity index (χ4v) is 0.980. The van der Waals surface area contributed by atoms with Gasteiger partial charge in [0.1, 0.15) is 0 Å². The first-order valence-corrected chi connectivity index (χ1v) is 4.12. The largest absolute Gasteiger partial charge is 0.412 e. The van der Waals surface area contributed by atoms with E-state index in [-0.39, 0.29) is 40.8 Å². The molecule has 0 aromatic rings. The summed E-state index contributed by atoms with van der Waals surface area (Å²) in [6, 6.07) is 0. The number of rotatable bonds is 3. The Bertz CT molecular complexity index is 141. The molecule has 6 heteroatoms. The summed E-state index contributed by atoms with van der Waals surface area (Å²) in [6.45, 7) is 1.87. The minimum atomic E-state index is -3.69. The zero-order valence-electron chi connectivity index (χ0n) is 6.29. The van der Waals surface area contributed by atoms with Gasteiger partial charge in [-0.2, -0.15) is 8.42 Å². The van der Waals surface area contributed by atoms with Crippen LogP contribution in [-0.2, 0) is 10.1 Å². The molecule has 0 heterocycles. The zero-order chi connectivity index (χ0) is 6.62. The molecule has 3 N–H and O–H groups in total. The van der Waals surface area contributed by atoms with Gasteiger partial charge in [-0.3, -0.25) is 4.55 Å². The molecule has 0 saturated heterocycles. The van der Waals surface area contributed by atoms with Gasteiger partial charge in [0, 0.05) is 29.6 Å². The molecule has 59 valence electrons. The van der Waals surface area contributed by atoms with E-state index in [2.05, 4.69) is 0 Å². The second-order valence-corrected chi connectivity index (χ2v) is 3.21. The predicted molar refractivity (Wildman–Crippen MR) is 40.7 cm³/mol. The standard InChI is InChI=1S/C4H10O3S.Na.H2O/c1-2-3-4-8(5,6)7;;/h2-4H2,1H3,(H,5,6,7);;1H2. The molecule has 0 aromatic carbocycles. The second-order valence-electron chi connectivity index (χ2n) is 1.64. The molecule has 1 radical (unpaired) electrons. The molecular weight excluding hydrogens is 167 g/mol. The van der Waals surface area contributed by atoms with Gasteiger partial charge in [-0.25, -0.2) is 0 Å². The van der Waals surface area contributed by atoms with Gasteiger partial charge in [-0.1, -0.05) is 13.3 Å². The summed E-state index contributed by atoms with van der Waals surface area (Å²) >= 11 is 0. The van der Waals surface area contributed by atoms with Crippen molar-refractivity contribution in [3.8, 4) is 0 Å². The Balaban J connectivity index is -0.000000245. The van der Waals surface area contributed by atoms with Crippen LogP contribution >= 0.6 is 0 Å². The molecule has 0 amide bonds. The SMILES string of the molecule is CCCCS(=O)(=O)O.O.[Na]. The van der Waals surface area contributed by atoms with Gasteiger partial charge in [0.25, 0.3) is 10.1 Å². The summed E-state index contributed by atoms with van der Waals surface area (Å²) in [7, 11) is -3.69. The fourth-order valence-electron chi connectivity index (χ4n) is 0.327. The first kappa shape index (κ1) is 17.1. The average Bonchev–Trinajstić information content (AvgIpc) is 1.59. The van der Waals surface area contributed by atoms with Crippen molar-refractivity contribution in [2.24, 2.45) is 0 Å². The van der Waals surface area contributed by atoms with Gasteiger partial charge in [0.15, 0.2) is 0 Å². The van der Waals surface area contributed by atoms with Crippen LogP contribution < -0.4 is 0 Å². The Morgan fingerprint density at radius 1 is 1.40 bits per heavy atom. The summed E-state index contributed by atoms with van der Waals surface area (Å²) < 4.78 is 28.0. The molecule has 4 nitrogen and oxygen atoms in total. The van der Waals surface area contributed by atoms with Crippen LogP contribution in [0.15, 0.2) is 0 Å². The van der Waals surface area contributed by atoms with Gasteiger partial charge in [-0.15, -0.1) is 0 Å². The third kappa shape index (κ3) is 15.9. The molecule has 0 atom stereocenters. The van der Waals surface area contributed by atoms with Crippen LogP contribution in [0.25, 0.3) is 0 Å². The average molecular weight is 179 g/mol. The van der Waals surface area contributed by atoms with Crippen molar-refractivity contribution >= 4 is 39.7 Å². The summed E-state index contributed by atoms with van der Waals surface area (Å²) in [4.78, 5) is 0. The maximum atomic E-state index is 9.95. The van der Waals surface area contributed by atoms with Crippen molar-refractivity contribution in [3.05, 3.63) is 0 Å². The van der Waals surface area contributed by atoms with Crippen molar-refractivity contribution in [3.63, 3.8) is 0 Å². The number of unbranched alkanes of at least 4 members (excludes halogenated alkanes) is 1. The van der Waals surface area contributed by atoms with Crippen LogP contribution in [0.2, 0.25) is 0 Å². The van der Waals surface area contributed by atoms with Crippen molar-refractivity contribution in [2.45, 2.75) is 19.8 Å². The summed E-state index contributed by atoms with van der Waals surface area (Å²) in [5.74, 6) is -0.108. The Hall–Kier alpha value is 0.870. The van der Waals surface area contributed by atoms with Crippen LogP contribution in [0.3, 0.4) is 0 Å². The van der Waals surface area contributed by atoms with Gasteiger partial charge in [-0.05, 0) is 6.42 Å². The first-order chi connectivity index (χ1) is 3.56. The molecule has 0 aromatic heterocycles. The van der Waals surface area contributed by atoms with E-state index in [0.717, 1.165) is 6.42 Å². The summed E-state index contributed by atoms with van der Waals surface area (Å²) in [6.07, 6.45) is 1.33. The maximum Gasteiger partial charge on any atom is 0.264 e. The van der Waals surface area contributed by atoms with Crippen LogP contribution in [0.5, 0.6) is 0 Å². The van der Waals surface area contributed by atoms with E-state index in [1.807, 2.05) is 6.92 Å². The predicted octanol–water partition coefficient (Wildman–Crippen LogP) is -0.531. The molecule has 0 saturated carbocycles. The van der Waals surface area contributed by atoms with E-state index in [9.17, 15) is 8.42 Å². The van der Waals surface area contributed by atoms with Crippen LogP contribution in [0.1, 0.15) is 19.8 Å². The fraction of sp³-hybridized carbons (Fsp3) is 1.00. The molecule has 0 bridgehead atoms. The Labute approximate surface area is 83.4 Å². The number of hydrogen-bond donors (Lipinski definition) is 1. The molecule has 0 aliphatic carbocycles. The third-order valence-corrected chi connectivity index (χ3v) is 1.56. The normalized spacial score (nSPS) is 9.40. The summed E-state index contributed by atoms with van der Waals surface area (Å²) in [5.41, 5.74) is 0. The minimum absolute atomic E-state index is 0. The molecule has 10 heavy (non-hydrogen) atoms. The van der Waals surface area contributed by atoms with E-state index in [1.165, 1.54) is 0 Å². The Morgan fingerprint density at radius 3 is 1.90 bits per heavy atom. The molecular formula is C4H12NaO4S. The number of hydrogen-bond acceptors (Lipinski definition) is 2. The third-order valence-electron chi connectivity index (χ3n) is 0.756. The van der Waals surface area contributed by atoms with Crippen LogP contribution in [-0.4, -0.2) is 53.8 Å². The quantitative estimate of drug-likeness (QED) is 0.466. The molecule has 0 unspecified atom stereocenters. The molecule has 0 fully saturated rings. The van der Waals surface area contributed by atoms with E-state index >= 15 is 0 Å². The van der Waals surface area contributed by atoms with Crippen LogP contribution in [0.4, 0.5) is 0 Å². The first-order valence-electron chi connectivity index (χ1n) is 2.51. The van der Waals surface area contributed by atoms with Gasteiger partial charge < -0.3 is 5.48 Å². The molecule has 0 spiro atoms. The van der Waals surface area contributed by atoms with Crippen molar-refractivity contribution in [1.82, 2.24) is 0 Å². The monoisotopic (exact) mass is 179 g/mol. The van der Waals surface area contributed by atoms with Gasteiger partial charge in [0.05, 0.1) is 5.75 Å². The Kier molecular flexibility index (Phi) is 13.6. The van der Waals surface area contributed by atoms with E-state index in [0.29, 0.717) is 6.42 Å². The molecule has 0 aliphatic heterocycles. The van der Waals surface area contributed by atoms with Crippen LogP contribution in [0, 0.1) is 0 Å². The molecule has 0 rings (SSSR count). The van der Waals surface area contributed by atoms with Crippen molar-refractivity contribution in [1.29, 1.82) is 0 Å². The van der Waals surface area contributed by atoms with E-state index in [1.54, 1.807) is 0 Å². The minimum Gasteiger partial charge on any atom is -0.412 e. The van der Waals surface area contributed by atoms with Gasteiger partial charge >= 0.3 is 0 Å². The summed E-state index contributed by atoms with van der Waals surface area (Å²) in [5, 5.41) is 0. The maximum absolute atomic E-state index is 9.95. The van der Waals surface area contributed by atoms with E-state index in [4.69, 9.17) is 4.55 Å². The smallest absolute Gasteiger partial charge is 0.264 e. The topological polar surface area (TPSA) is 85.9 Å². The Morgan fingerprint density at radius 2 is 1.80 bits per heavy atom. The second kappa shape index (κ2) is 7.97. The van der Waals surface area contributed by atoms with E-state index < -0.39 is 10.1 Å².